The molecular weight excluding hydrogens is 304 g/mol. The number of halogens is 1. The van der Waals surface area contributed by atoms with Gasteiger partial charge >= 0.3 is 5.97 Å². The van der Waals surface area contributed by atoms with E-state index in [9.17, 15) is 4.79 Å². The summed E-state index contributed by atoms with van der Waals surface area (Å²) in [5, 5.41) is 15.4. The van der Waals surface area contributed by atoms with Crippen molar-refractivity contribution in [2.24, 2.45) is 0 Å². The maximum Gasteiger partial charge on any atom is 0.339 e. The third kappa shape index (κ3) is 3.04. The van der Waals surface area contributed by atoms with Crippen LogP contribution in [-0.2, 0) is 6.42 Å². The summed E-state index contributed by atoms with van der Waals surface area (Å²) in [4.78, 5) is 18.9. The normalized spacial score (nSPS) is 10.3. The number of nitrogens with one attached hydrogen (secondary N) is 1. The second kappa shape index (κ2) is 5.58. The minimum absolute atomic E-state index is 0.106. The highest BCUT2D eigenvalue weighted by Gasteiger charge is 2.12. The second-order valence-electron chi connectivity index (χ2n) is 3.37. The van der Waals surface area contributed by atoms with E-state index in [-0.39, 0.29) is 5.56 Å². The molecule has 94 valence electrons. The molecule has 0 bridgehead atoms. The summed E-state index contributed by atoms with van der Waals surface area (Å²) in [6, 6.07) is 1.49. The Labute approximate surface area is 110 Å². The van der Waals surface area contributed by atoms with Crippen LogP contribution in [0.1, 0.15) is 16.2 Å². The molecule has 0 amide bonds. The van der Waals surface area contributed by atoms with Crippen molar-refractivity contribution in [2.75, 3.05) is 11.9 Å². The molecule has 0 atom stereocenters. The lowest BCUT2D eigenvalue weighted by atomic mass is 10.2. The molecule has 2 N–H and O–H groups in total. The largest absolute Gasteiger partial charge is 0.478 e. The molecule has 18 heavy (non-hydrogen) atoms. The first-order valence-corrected chi connectivity index (χ1v) is 5.84. The zero-order valence-corrected chi connectivity index (χ0v) is 10.7. The van der Waals surface area contributed by atoms with E-state index in [0.29, 0.717) is 29.1 Å². The molecule has 8 heteroatoms. The molecule has 7 nitrogen and oxygen atoms in total. The van der Waals surface area contributed by atoms with Crippen LogP contribution in [0.2, 0.25) is 0 Å². The van der Waals surface area contributed by atoms with Crippen molar-refractivity contribution in [3.8, 4) is 0 Å². The molecule has 0 aliphatic heterocycles. The van der Waals surface area contributed by atoms with Gasteiger partial charge in [0.25, 0.3) is 0 Å². The number of carboxylic acids is 1. The fourth-order valence-electron chi connectivity index (χ4n) is 1.34. The Hall–Kier alpha value is -1.96. The van der Waals surface area contributed by atoms with Crippen LogP contribution in [0.3, 0.4) is 0 Å². The lowest BCUT2D eigenvalue weighted by molar-refractivity contribution is 0.0697. The number of aromatic carboxylic acids is 1. The lowest BCUT2D eigenvalue weighted by Crippen LogP contribution is -2.11. The predicted molar refractivity (Wildman–Crippen MR) is 65.4 cm³/mol. The zero-order chi connectivity index (χ0) is 13.0. The number of nitrogens with zero attached hydrogens (tertiary/aromatic N) is 3. The van der Waals surface area contributed by atoms with Gasteiger partial charge in [-0.2, -0.15) is 4.98 Å². The van der Waals surface area contributed by atoms with Crippen molar-refractivity contribution in [3.05, 3.63) is 34.5 Å². The SMILES string of the molecule is O=C(O)c1cc(Br)cnc1NCCc1ncno1. The molecule has 0 aliphatic rings. The first-order valence-electron chi connectivity index (χ1n) is 5.05. The maximum absolute atomic E-state index is 11.0. The molecule has 2 heterocycles. The summed E-state index contributed by atoms with van der Waals surface area (Å²) < 4.78 is 5.44. The van der Waals surface area contributed by atoms with Gasteiger partial charge in [-0.1, -0.05) is 5.16 Å². The van der Waals surface area contributed by atoms with Gasteiger partial charge in [0.2, 0.25) is 5.89 Å². The monoisotopic (exact) mass is 312 g/mol. The fourth-order valence-corrected chi connectivity index (χ4v) is 1.67. The van der Waals surface area contributed by atoms with Gasteiger partial charge in [-0.3, -0.25) is 0 Å². The van der Waals surface area contributed by atoms with E-state index in [1.807, 2.05) is 0 Å². The van der Waals surface area contributed by atoms with Gasteiger partial charge in [0.1, 0.15) is 11.4 Å². The quantitative estimate of drug-likeness (QED) is 0.864. The number of anilines is 1. The Bertz CT molecular complexity index is 544. The summed E-state index contributed by atoms with van der Waals surface area (Å²) in [7, 11) is 0. The number of carboxylic acid groups (broad SMARTS) is 1. The Kier molecular flexibility index (Phi) is 3.88. The minimum atomic E-state index is -1.04. The molecule has 0 unspecified atom stereocenters. The van der Waals surface area contributed by atoms with E-state index >= 15 is 0 Å². The third-order valence-corrected chi connectivity index (χ3v) is 2.56. The topological polar surface area (TPSA) is 101 Å². The summed E-state index contributed by atoms with van der Waals surface area (Å²) in [5.41, 5.74) is 0.106. The fraction of sp³-hybridized carbons (Fsp3) is 0.200. The van der Waals surface area contributed by atoms with Gasteiger partial charge in [-0.15, -0.1) is 0 Å². The van der Waals surface area contributed by atoms with E-state index in [4.69, 9.17) is 9.63 Å². The van der Waals surface area contributed by atoms with Crippen LogP contribution in [0.25, 0.3) is 0 Å². The van der Waals surface area contributed by atoms with Gasteiger partial charge < -0.3 is 14.9 Å². The van der Waals surface area contributed by atoms with Crippen molar-refractivity contribution < 1.29 is 14.4 Å². The number of hydrogen-bond acceptors (Lipinski definition) is 6. The molecule has 2 aromatic rings. The molecule has 2 aromatic heterocycles. The minimum Gasteiger partial charge on any atom is -0.478 e. The Balaban J connectivity index is 2.02. The Morgan fingerprint density at radius 3 is 3.00 bits per heavy atom. The summed E-state index contributed by atoms with van der Waals surface area (Å²) in [5.74, 6) is -0.245. The van der Waals surface area contributed by atoms with Crippen LogP contribution >= 0.6 is 15.9 Å². The lowest BCUT2D eigenvalue weighted by Gasteiger charge is -2.07. The van der Waals surface area contributed by atoms with Crippen LogP contribution in [0, 0.1) is 0 Å². The molecular formula is C10H9BrN4O3. The van der Waals surface area contributed by atoms with Gasteiger partial charge in [-0.25, -0.2) is 9.78 Å². The standard InChI is InChI=1S/C10H9BrN4O3/c11-6-3-7(10(16)17)9(13-4-6)12-2-1-8-14-5-15-18-8/h3-5H,1-2H2,(H,12,13)(H,16,17). The van der Waals surface area contributed by atoms with Crippen molar-refractivity contribution in [2.45, 2.75) is 6.42 Å². The zero-order valence-electron chi connectivity index (χ0n) is 9.13. The molecule has 0 saturated heterocycles. The molecule has 0 aliphatic carbocycles. The second-order valence-corrected chi connectivity index (χ2v) is 4.28. The van der Waals surface area contributed by atoms with Crippen LogP contribution in [0.5, 0.6) is 0 Å². The van der Waals surface area contributed by atoms with E-state index in [0.717, 1.165) is 0 Å². The number of pyridine rings is 1. The molecule has 0 aromatic carbocycles. The first kappa shape index (κ1) is 12.5. The van der Waals surface area contributed by atoms with Gasteiger partial charge in [0.05, 0.1) is 0 Å². The van der Waals surface area contributed by atoms with E-state index in [2.05, 4.69) is 36.4 Å². The maximum atomic E-state index is 11.0. The number of rotatable bonds is 5. The van der Waals surface area contributed by atoms with Gasteiger partial charge in [0, 0.05) is 23.6 Å². The summed E-state index contributed by atoms with van der Waals surface area (Å²) in [6.07, 6.45) is 3.34. The molecule has 0 saturated carbocycles. The van der Waals surface area contributed by atoms with Crippen molar-refractivity contribution in [3.63, 3.8) is 0 Å². The van der Waals surface area contributed by atoms with Crippen LogP contribution in [0.4, 0.5) is 5.82 Å². The molecule has 0 radical (unpaired) electrons. The summed E-state index contributed by atoms with van der Waals surface area (Å²) >= 11 is 3.18. The highest BCUT2D eigenvalue weighted by Crippen LogP contribution is 2.17. The van der Waals surface area contributed by atoms with Crippen LogP contribution in [-0.4, -0.2) is 32.7 Å². The molecule has 2 rings (SSSR count). The third-order valence-electron chi connectivity index (χ3n) is 2.12. The summed E-state index contributed by atoms with van der Waals surface area (Å²) in [6.45, 7) is 0.455. The highest BCUT2D eigenvalue weighted by molar-refractivity contribution is 9.10. The van der Waals surface area contributed by atoms with Gasteiger partial charge in [-0.05, 0) is 22.0 Å². The van der Waals surface area contributed by atoms with Crippen molar-refractivity contribution in [1.29, 1.82) is 0 Å². The van der Waals surface area contributed by atoms with E-state index in [1.54, 1.807) is 0 Å². The number of aromatic nitrogens is 3. The Morgan fingerprint density at radius 1 is 1.50 bits per heavy atom. The first-order chi connectivity index (χ1) is 8.66. The Morgan fingerprint density at radius 2 is 2.33 bits per heavy atom. The van der Waals surface area contributed by atoms with E-state index < -0.39 is 5.97 Å². The molecule has 0 spiro atoms. The smallest absolute Gasteiger partial charge is 0.339 e. The van der Waals surface area contributed by atoms with Crippen LogP contribution in [0.15, 0.2) is 27.6 Å². The highest BCUT2D eigenvalue weighted by atomic mass is 79.9. The average molecular weight is 313 g/mol. The van der Waals surface area contributed by atoms with Gasteiger partial charge in [0.15, 0.2) is 6.33 Å². The number of carbonyl (C=O) groups is 1. The number of hydrogen-bond donors (Lipinski definition) is 2. The van der Waals surface area contributed by atoms with Crippen LogP contribution < -0.4 is 5.32 Å². The van der Waals surface area contributed by atoms with E-state index in [1.165, 1.54) is 18.6 Å². The predicted octanol–water partition coefficient (Wildman–Crippen LogP) is 1.58. The average Bonchev–Trinajstić information content (AvgIpc) is 2.84. The van der Waals surface area contributed by atoms with Crippen molar-refractivity contribution in [1.82, 2.24) is 15.1 Å². The molecule has 0 fully saturated rings. The van der Waals surface area contributed by atoms with Crippen molar-refractivity contribution >= 4 is 27.7 Å².